The molecular weight excluding hydrogens is 666 g/mol. The number of hydrogen-bond acceptors (Lipinski definition) is 8. The van der Waals surface area contributed by atoms with Crippen LogP contribution in [-0.2, 0) is 24.8 Å². The van der Waals surface area contributed by atoms with Crippen LogP contribution >= 0.6 is 0 Å². The van der Waals surface area contributed by atoms with Crippen molar-refractivity contribution < 1.29 is 30.6 Å². The topological polar surface area (TPSA) is 162 Å². The van der Waals surface area contributed by atoms with E-state index in [1.165, 1.54) is 43.9 Å². The molecule has 0 saturated heterocycles. The number of aromatic nitrogens is 2. The van der Waals surface area contributed by atoms with Crippen LogP contribution in [-0.4, -0.2) is 53.3 Å². The van der Waals surface area contributed by atoms with E-state index >= 15 is 0 Å². The summed E-state index contributed by atoms with van der Waals surface area (Å²) in [5, 5.41) is 68.6. The molecule has 0 radical (unpaired) electrons. The molecule has 5 atom stereocenters. The second kappa shape index (κ2) is 14.0. The highest BCUT2D eigenvalue weighted by atomic mass is 16.3. The Balaban J connectivity index is 1.00. The fourth-order valence-corrected chi connectivity index (χ4v) is 10.2. The molecule has 8 N–H and O–H groups in total. The van der Waals surface area contributed by atoms with E-state index in [0.717, 1.165) is 36.2 Å². The number of imidazole rings is 1. The van der Waals surface area contributed by atoms with Crippen LogP contribution in [0.15, 0.2) is 85.3 Å². The van der Waals surface area contributed by atoms with Crippen LogP contribution in [0.2, 0.25) is 0 Å². The largest absolute Gasteiger partial charge is 0.507 e. The first-order valence-electron chi connectivity index (χ1n) is 18.7. The first kappa shape index (κ1) is 34.8. The van der Waals surface area contributed by atoms with E-state index in [0.29, 0.717) is 47.4 Å². The zero-order valence-electron chi connectivity index (χ0n) is 29.7. The van der Waals surface area contributed by atoms with Crippen molar-refractivity contribution in [3.8, 4) is 28.7 Å². The van der Waals surface area contributed by atoms with Gasteiger partial charge in [0.1, 0.15) is 5.75 Å². The lowest BCUT2D eigenvalue weighted by molar-refractivity contribution is -0.0725. The van der Waals surface area contributed by atoms with Gasteiger partial charge in [-0.25, -0.2) is 4.98 Å². The Hall–Kier alpha value is -5.25. The van der Waals surface area contributed by atoms with E-state index in [1.54, 1.807) is 36.7 Å². The first-order valence-corrected chi connectivity index (χ1v) is 18.7. The number of hydrogen-bond donors (Lipinski definition) is 8. The molecule has 5 aromatic rings. The minimum Gasteiger partial charge on any atom is -0.507 e. The summed E-state index contributed by atoms with van der Waals surface area (Å²) in [6.45, 7) is 1.41. The molecule has 3 aliphatic carbocycles. The summed E-state index contributed by atoms with van der Waals surface area (Å²) in [6, 6.07) is 17.9. The molecule has 9 nitrogen and oxygen atoms in total. The number of fused-ring (bicyclic) bond motifs is 1. The van der Waals surface area contributed by atoms with Crippen LogP contribution < -0.4 is 5.32 Å². The highest BCUT2D eigenvalue weighted by Crippen LogP contribution is 2.64. The summed E-state index contributed by atoms with van der Waals surface area (Å²) < 4.78 is 0. The average Bonchev–Trinajstić information content (AvgIpc) is 3.85. The number of phenols is 5. The third kappa shape index (κ3) is 6.11. The van der Waals surface area contributed by atoms with Gasteiger partial charge in [0.2, 0.25) is 0 Å². The molecule has 0 aliphatic heterocycles. The quantitative estimate of drug-likeness (QED) is 0.0417. The molecule has 274 valence electrons. The van der Waals surface area contributed by atoms with Crippen LogP contribution in [0.5, 0.6) is 28.7 Å². The van der Waals surface area contributed by atoms with Crippen molar-refractivity contribution in [1.82, 2.24) is 15.3 Å². The fraction of sp³-hybridized carbons (Fsp3) is 0.341. The standard InChI is InChI=1S/C44H47N3O6/c48-34-17-13-28(22-37(34)51)12-15-31-32-5-1-6-35(49)39(32)41(53)40(52)33(31)16-11-27-7-9-29(10-8-27)23-45-25-44(38-24-46-26-47-38)21-3-20-43-19-2-4-30(43)14-18-36(50)42(43)44/h1,5-10,12-15,17-18,22,24,26,30,36,42,45,48-53H,2-4,11,16,19-21,23,25H2,(H,46,47)/b15-12+/t30-,36-,42-,43+,44+/m1/s1. The zero-order valence-corrected chi connectivity index (χ0v) is 29.7. The van der Waals surface area contributed by atoms with E-state index < -0.39 is 6.10 Å². The van der Waals surface area contributed by atoms with Crippen LogP contribution in [0.25, 0.3) is 22.9 Å². The fourth-order valence-electron chi connectivity index (χ4n) is 10.2. The molecule has 3 aliphatic rings. The van der Waals surface area contributed by atoms with Gasteiger partial charge < -0.3 is 40.9 Å². The lowest BCUT2D eigenvalue weighted by atomic mass is 9.47. The van der Waals surface area contributed by atoms with Crippen molar-refractivity contribution in [3.63, 3.8) is 0 Å². The summed E-state index contributed by atoms with van der Waals surface area (Å²) in [5.41, 5.74) is 4.99. The summed E-state index contributed by atoms with van der Waals surface area (Å²) in [7, 11) is 0. The number of aryl methyl sites for hydroxylation is 1. The van der Waals surface area contributed by atoms with Crippen LogP contribution in [0.3, 0.4) is 0 Å². The number of H-pyrrole nitrogens is 1. The SMILES string of the molecule is Oc1ccc(/C=C/c2c(CCc3ccc(CNC[C@]4(c5cnc[nH]5)CCC[C@@]56CCC[C@@H]5C=C[C@@H](O)[C@@H]46)cc3)c(O)c(O)c3c(O)cccc23)cc1O. The Bertz CT molecular complexity index is 2180. The summed E-state index contributed by atoms with van der Waals surface area (Å²) in [4.78, 5) is 7.87. The van der Waals surface area contributed by atoms with E-state index in [1.807, 2.05) is 6.20 Å². The Morgan fingerprint density at radius 2 is 1.62 bits per heavy atom. The molecular formula is C44H47N3O6. The Kier molecular flexibility index (Phi) is 9.16. The number of aliphatic hydroxyl groups excluding tert-OH is 1. The molecule has 0 unspecified atom stereocenters. The van der Waals surface area contributed by atoms with Gasteiger partial charge in [0.15, 0.2) is 23.0 Å². The van der Waals surface area contributed by atoms with Gasteiger partial charge in [0, 0.05) is 41.9 Å². The monoisotopic (exact) mass is 713 g/mol. The first-order chi connectivity index (χ1) is 25.7. The second-order valence-electron chi connectivity index (χ2n) is 15.4. The third-order valence-electron chi connectivity index (χ3n) is 12.6. The molecule has 53 heavy (non-hydrogen) atoms. The Labute approximate surface area is 309 Å². The van der Waals surface area contributed by atoms with E-state index in [2.05, 4.69) is 51.7 Å². The molecule has 1 aromatic heterocycles. The molecule has 1 heterocycles. The molecule has 0 amide bonds. The highest BCUT2D eigenvalue weighted by molar-refractivity contribution is 6.03. The van der Waals surface area contributed by atoms with Crippen LogP contribution in [0, 0.1) is 17.3 Å². The number of aromatic hydroxyl groups is 5. The Morgan fingerprint density at radius 3 is 2.42 bits per heavy atom. The molecule has 2 fully saturated rings. The lowest BCUT2D eigenvalue weighted by Gasteiger charge is -2.58. The number of rotatable bonds is 10. The van der Waals surface area contributed by atoms with Crippen molar-refractivity contribution in [2.24, 2.45) is 17.3 Å². The summed E-state index contributed by atoms with van der Waals surface area (Å²) in [5.74, 6) is -0.613. The zero-order chi connectivity index (χ0) is 36.7. The maximum atomic E-state index is 11.6. The molecule has 2 saturated carbocycles. The summed E-state index contributed by atoms with van der Waals surface area (Å²) >= 11 is 0. The Morgan fingerprint density at radius 1 is 0.811 bits per heavy atom. The molecule has 0 bridgehead atoms. The van der Waals surface area contributed by atoms with Crippen molar-refractivity contribution in [2.75, 3.05) is 6.54 Å². The van der Waals surface area contributed by atoms with Crippen LogP contribution in [0.4, 0.5) is 0 Å². The van der Waals surface area contributed by atoms with E-state index in [4.69, 9.17) is 0 Å². The van der Waals surface area contributed by atoms with Gasteiger partial charge in [0.05, 0.1) is 17.8 Å². The normalized spacial score (nSPS) is 25.2. The van der Waals surface area contributed by atoms with Gasteiger partial charge in [-0.05, 0) is 95.7 Å². The predicted octanol–water partition coefficient (Wildman–Crippen LogP) is 7.59. The second-order valence-corrected chi connectivity index (χ2v) is 15.4. The lowest BCUT2D eigenvalue weighted by Crippen LogP contribution is -2.60. The number of nitrogens with one attached hydrogen (secondary N) is 2. The predicted molar refractivity (Wildman–Crippen MR) is 206 cm³/mol. The number of phenolic OH excluding ortho intramolecular Hbond substituents is 5. The van der Waals surface area contributed by atoms with Crippen LogP contribution in [0.1, 0.15) is 72.0 Å². The maximum absolute atomic E-state index is 11.6. The van der Waals surface area contributed by atoms with E-state index in [9.17, 15) is 30.6 Å². The third-order valence-corrected chi connectivity index (χ3v) is 12.6. The molecule has 1 spiro atoms. The number of allylic oxidation sites excluding steroid dienone is 1. The van der Waals surface area contributed by atoms with Gasteiger partial charge >= 0.3 is 0 Å². The maximum Gasteiger partial charge on any atom is 0.169 e. The average molecular weight is 714 g/mol. The minimum atomic E-state index is -0.485. The van der Waals surface area contributed by atoms with Crippen molar-refractivity contribution in [1.29, 1.82) is 0 Å². The number of nitrogens with zero attached hydrogens (tertiary/aromatic N) is 1. The van der Waals surface area contributed by atoms with Gasteiger partial charge in [-0.1, -0.05) is 79.6 Å². The summed E-state index contributed by atoms with van der Waals surface area (Å²) in [6.07, 6.45) is 19.0. The molecule has 9 heteroatoms. The van der Waals surface area contributed by atoms with Gasteiger partial charge in [-0.2, -0.15) is 0 Å². The molecule has 4 aromatic carbocycles. The smallest absolute Gasteiger partial charge is 0.169 e. The van der Waals surface area contributed by atoms with E-state index in [-0.39, 0.29) is 50.9 Å². The number of aromatic amines is 1. The van der Waals surface area contributed by atoms with Gasteiger partial charge in [-0.3, -0.25) is 0 Å². The van der Waals surface area contributed by atoms with Crippen molar-refractivity contribution >= 4 is 22.9 Å². The van der Waals surface area contributed by atoms with Gasteiger partial charge in [0.25, 0.3) is 0 Å². The van der Waals surface area contributed by atoms with Crippen molar-refractivity contribution in [2.45, 2.75) is 69.4 Å². The van der Waals surface area contributed by atoms with Gasteiger partial charge in [-0.15, -0.1) is 0 Å². The number of aliphatic hydroxyl groups is 1. The number of benzene rings is 4. The highest BCUT2D eigenvalue weighted by Gasteiger charge is 2.61. The van der Waals surface area contributed by atoms with Crippen molar-refractivity contribution in [3.05, 3.63) is 119 Å². The minimum absolute atomic E-state index is 0.125. The molecule has 8 rings (SSSR count).